The Bertz CT molecular complexity index is 250. The van der Waals surface area contributed by atoms with Crippen LogP contribution in [0.25, 0.3) is 0 Å². The van der Waals surface area contributed by atoms with Crippen molar-refractivity contribution in [3.8, 4) is 0 Å². The van der Waals surface area contributed by atoms with Crippen LogP contribution in [0.3, 0.4) is 0 Å². The van der Waals surface area contributed by atoms with Crippen molar-refractivity contribution < 1.29 is 39.4 Å². The van der Waals surface area contributed by atoms with Gasteiger partial charge in [-0.2, -0.15) is 0 Å². The summed E-state index contributed by atoms with van der Waals surface area (Å²) in [6, 6.07) is 0. The predicted octanol–water partition coefficient (Wildman–Crippen LogP) is -2.14. The minimum atomic E-state index is -1.43. The van der Waals surface area contributed by atoms with E-state index in [0.29, 0.717) is 19.8 Å². The Morgan fingerprint density at radius 3 is 2.20 bits per heavy atom. The van der Waals surface area contributed by atoms with E-state index in [4.69, 9.17) is 24.1 Å². The molecule has 8 heteroatoms. The monoisotopic (exact) mass is 296 g/mol. The van der Waals surface area contributed by atoms with Crippen molar-refractivity contribution in [1.29, 1.82) is 0 Å². The molecule has 0 amide bonds. The molecule has 8 nitrogen and oxygen atoms in total. The van der Waals surface area contributed by atoms with Crippen LogP contribution in [0.4, 0.5) is 0 Å². The molecule has 20 heavy (non-hydrogen) atoms. The second-order valence-electron chi connectivity index (χ2n) is 4.38. The van der Waals surface area contributed by atoms with Gasteiger partial charge in [-0.1, -0.05) is 0 Å². The number of rotatable bonds is 9. The van der Waals surface area contributed by atoms with Crippen LogP contribution in [0.2, 0.25) is 0 Å². The molecule has 0 saturated carbocycles. The molecule has 0 spiro atoms. The Hall–Kier alpha value is -0.320. The van der Waals surface area contributed by atoms with Gasteiger partial charge in [0.2, 0.25) is 0 Å². The minimum Gasteiger partial charge on any atom is -0.394 e. The predicted molar refractivity (Wildman–Crippen MR) is 67.0 cm³/mol. The van der Waals surface area contributed by atoms with Gasteiger partial charge in [-0.15, -0.1) is 0 Å². The van der Waals surface area contributed by atoms with Crippen LogP contribution in [0, 0.1) is 0 Å². The third-order valence-electron chi connectivity index (χ3n) is 2.93. The first kappa shape index (κ1) is 17.7. The summed E-state index contributed by atoms with van der Waals surface area (Å²) in [6.45, 7) is 3.40. The van der Waals surface area contributed by atoms with Gasteiger partial charge in [0.1, 0.15) is 24.4 Å². The molecule has 0 aromatic heterocycles. The molecule has 5 atom stereocenters. The first-order chi connectivity index (χ1) is 9.61. The summed E-state index contributed by atoms with van der Waals surface area (Å²) >= 11 is 0. The molecule has 2 unspecified atom stereocenters. The SMILES string of the molecule is CCOCCOCCO[C@H]1OC(CO)[C@@H](O)C(O)[C@H]1O. The van der Waals surface area contributed by atoms with Gasteiger partial charge in [0.05, 0.1) is 33.0 Å². The van der Waals surface area contributed by atoms with Gasteiger partial charge < -0.3 is 39.4 Å². The molecule has 0 aromatic rings. The molecule has 1 aliphatic heterocycles. The highest BCUT2D eigenvalue weighted by Gasteiger charge is 2.43. The van der Waals surface area contributed by atoms with E-state index < -0.39 is 37.3 Å². The summed E-state index contributed by atoms with van der Waals surface area (Å²) in [4.78, 5) is 0. The first-order valence-corrected chi connectivity index (χ1v) is 6.69. The fraction of sp³-hybridized carbons (Fsp3) is 1.00. The highest BCUT2D eigenvalue weighted by atomic mass is 16.7. The molecular weight excluding hydrogens is 272 g/mol. The Labute approximate surface area is 117 Å². The van der Waals surface area contributed by atoms with E-state index >= 15 is 0 Å². The lowest BCUT2D eigenvalue weighted by atomic mass is 9.99. The lowest BCUT2D eigenvalue weighted by molar-refractivity contribution is -0.302. The number of aliphatic hydroxyl groups excluding tert-OH is 4. The van der Waals surface area contributed by atoms with Crippen molar-refractivity contribution in [3.63, 3.8) is 0 Å². The maximum Gasteiger partial charge on any atom is 0.186 e. The van der Waals surface area contributed by atoms with Crippen LogP contribution in [-0.2, 0) is 18.9 Å². The number of ether oxygens (including phenoxy) is 4. The first-order valence-electron chi connectivity index (χ1n) is 6.69. The van der Waals surface area contributed by atoms with Crippen molar-refractivity contribution in [1.82, 2.24) is 0 Å². The molecule has 1 rings (SSSR count). The molecule has 0 radical (unpaired) electrons. The van der Waals surface area contributed by atoms with Gasteiger partial charge in [0, 0.05) is 6.61 Å². The standard InChI is InChI=1S/C12H24O8/c1-2-17-3-4-18-5-6-19-12-11(16)10(15)9(14)8(7-13)20-12/h8-16H,2-7H2,1H3/t8?,9-,10?,11-,12+/m1/s1. The second kappa shape index (κ2) is 9.59. The summed E-state index contributed by atoms with van der Waals surface area (Å²) in [7, 11) is 0. The van der Waals surface area contributed by atoms with E-state index in [1.54, 1.807) is 0 Å². The zero-order valence-corrected chi connectivity index (χ0v) is 11.6. The lowest BCUT2D eigenvalue weighted by Crippen LogP contribution is -2.59. The van der Waals surface area contributed by atoms with Crippen molar-refractivity contribution in [2.75, 3.05) is 39.6 Å². The highest BCUT2D eigenvalue weighted by Crippen LogP contribution is 2.21. The third-order valence-corrected chi connectivity index (χ3v) is 2.93. The summed E-state index contributed by atoms with van der Waals surface area (Å²) in [5.74, 6) is 0. The zero-order chi connectivity index (χ0) is 15.0. The number of hydrogen-bond acceptors (Lipinski definition) is 8. The quantitative estimate of drug-likeness (QED) is 0.356. The average molecular weight is 296 g/mol. The van der Waals surface area contributed by atoms with E-state index in [1.165, 1.54) is 0 Å². The van der Waals surface area contributed by atoms with Crippen LogP contribution < -0.4 is 0 Å². The fourth-order valence-electron chi connectivity index (χ4n) is 1.79. The molecule has 120 valence electrons. The fourth-order valence-corrected chi connectivity index (χ4v) is 1.79. The van der Waals surface area contributed by atoms with Crippen LogP contribution in [0.15, 0.2) is 0 Å². The second-order valence-corrected chi connectivity index (χ2v) is 4.38. The largest absolute Gasteiger partial charge is 0.394 e. The van der Waals surface area contributed by atoms with E-state index in [1.807, 2.05) is 6.92 Å². The normalized spacial score (nSPS) is 34.4. The lowest BCUT2D eigenvalue weighted by Gasteiger charge is -2.39. The van der Waals surface area contributed by atoms with Crippen molar-refractivity contribution in [2.24, 2.45) is 0 Å². The minimum absolute atomic E-state index is 0.148. The van der Waals surface area contributed by atoms with E-state index in [9.17, 15) is 15.3 Å². The average Bonchev–Trinajstić information content (AvgIpc) is 2.46. The number of hydrogen-bond donors (Lipinski definition) is 4. The van der Waals surface area contributed by atoms with Crippen LogP contribution >= 0.6 is 0 Å². The smallest absolute Gasteiger partial charge is 0.186 e. The van der Waals surface area contributed by atoms with Crippen LogP contribution in [0.5, 0.6) is 0 Å². The van der Waals surface area contributed by atoms with Gasteiger partial charge in [0.25, 0.3) is 0 Å². The molecular formula is C12H24O8. The highest BCUT2D eigenvalue weighted by molar-refractivity contribution is 4.88. The maximum absolute atomic E-state index is 9.69. The Morgan fingerprint density at radius 2 is 1.55 bits per heavy atom. The molecule has 4 N–H and O–H groups in total. The summed E-state index contributed by atoms with van der Waals surface area (Å²) < 4.78 is 20.7. The topological polar surface area (TPSA) is 118 Å². The molecule has 0 aliphatic carbocycles. The Balaban J connectivity index is 2.21. The van der Waals surface area contributed by atoms with E-state index in [0.717, 1.165) is 0 Å². The van der Waals surface area contributed by atoms with E-state index in [2.05, 4.69) is 0 Å². The summed E-state index contributed by atoms with van der Waals surface area (Å²) in [6.07, 6.45) is -6.25. The van der Waals surface area contributed by atoms with Gasteiger partial charge in [-0.05, 0) is 6.92 Å². The maximum atomic E-state index is 9.69. The van der Waals surface area contributed by atoms with Gasteiger partial charge in [0.15, 0.2) is 6.29 Å². The molecule has 1 aliphatic rings. The summed E-state index contributed by atoms with van der Waals surface area (Å²) in [5.41, 5.74) is 0. The van der Waals surface area contributed by atoms with Crippen molar-refractivity contribution in [2.45, 2.75) is 37.6 Å². The zero-order valence-electron chi connectivity index (χ0n) is 11.6. The molecule has 0 aromatic carbocycles. The summed E-state index contributed by atoms with van der Waals surface area (Å²) in [5, 5.41) is 37.8. The van der Waals surface area contributed by atoms with Crippen LogP contribution in [0.1, 0.15) is 6.92 Å². The molecule has 1 fully saturated rings. The molecule has 1 heterocycles. The van der Waals surface area contributed by atoms with Gasteiger partial charge in [-0.25, -0.2) is 0 Å². The number of aliphatic hydroxyl groups is 4. The molecule has 1 saturated heterocycles. The van der Waals surface area contributed by atoms with Gasteiger partial charge in [-0.3, -0.25) is 0 Å². The van der Waals surface area contributed by atoms with Crippen molar-refractivity contribution in [3.05, 3.63) is 0 Å². The van der Waals surface area contributed by atoms with Crippen molar-refractivity contribution >= 4 is 0 Å². The Kier molecular flexibility index (Phi) is 8.50. The van der Waals surface area contributed by atoms with Crippen LogP contribution in [-0.4, -0.2) is 90.8 Å². The van der Waals surface area contributed by atoms with E-state index in [-0.39, 0.29) is 13.2 Å². The third kappa shape index (κ3) is 5.23. The molecule has 0 bridgehead atoms. The Morgan fingerprint density at radius 1 is 0.900 bits per heavy atom. The van der Waals surface area contributed by atoms with Gasteiger partial charge >= 0.3 is 0 Å².